The molecule has 3 heteroatoms. The van der Waals surface area contributed by atoms with Crippen LogP contribution in [-0.2, 0) is 9.47 Å². The van der Waals surface area contributed by atoms with Crippen molar-refractivity contribution in [3.05, 3.63) is 41.1 Å². The average molecular weight is 325 g/mol. The molecular weight excluding hydrogens is 303 g/mol. The SMILES string of the molecule is CCO[C@@H]1/C(=C/[Se]c2ccccc2)O[C@@H](C)C1(C)C. The molecule has 0 amide bonds. The van der Waals surface area contributed by atoms with Gasteiger partial charge in [-0.05, 0) is 0 Å². The summed E-state index contributed by atoms with van der Waals surface area (Å²) in [5, 5.41) is 0. The van der Waals surface area contributed by atoms with E-state index in [2.05, 4.69) is 50.0 Å². The summed E-state index contributed by atoms with van der Waals surface area (Å²) in [5.41, 5.74) is 0.0363. The second kappa shape index (κ2) is 6.13. The maximum atomic E-state index is 6.02. The van der Waals surface area contributed by atoms with Crippen LogP contribution in [0.2, 0.25) is 0 Å². The van der Waals surface area contributed by atoms with Gasteiger partial charge in [0.1, 0.15) is 0 Å². The molecule has 0 N–H and O–H groups in total. The number of rotatable bonds is 4. The third-order valence-corrected chi connectivity index (χ3v) is 5.56. The van der Waals surface area contributed by atoms with Gasteiger partial charge in [-0.15, -0.1) is 0 Å². The van der Waals surface area contributed by atoms with Crippen LogP contribution >= 0.6 is 0 Å². The standard InChI is InChI=1S/C16H22O2Se/c1-5-17-15-14(18-12(2)16(15,3)4)11-19-13-9-7-6-8-10-13/h6-12,15H,5H2,1-4H3/b14-11-/t12-,15+/m0/s1. The van der Waals surface area contributed by atoms with Crippen LogP contribution in [0, 0.1) is 5.41 Å². The van der Waals surface area contributed by atoms with Crippen LogP contribution in [0.3, 0.4) is 0 Å². The van der Waals surface area contributed by atoms with E-state index in [4.69, 9.17) is 9.47 Å². The van der Waals surface area contributed by atoms with Crippen molar-refractivity contribution in [2.45, 2.75) is 39.9 Å². The summed E-state index contributed by atoms with van der Waals surface area (Å²) in [6, 6.07) is 10.5. The van der Waals surface area contributed by atoms with Crippen molar-refractivity contribution in [3.8, 4) is 0 Å². The Labute approximate surface area is 122 Å². The third kappa shape index (κ3) is 3.22. The first-order chi connectivity index (χ1) is 9.05. The summed E-state index contributed by atoms with van der Waals surface area (Å²) in [7, 11) is 0. The number of hydrogen-bond donors (Lipinski definition) is 0. The Bertz CT molecular complexity index is 439. The van der Waals surface area contributed by atoms with E-state index in [1.807, 2.05) is 13.0 Å². The van der Waals surface area contributed by atoms with Gasteiger partial charge in [-0.1, -0.05) is 0 Å². The number of benzene rings is 1. The first-order valence-electron chi connectivity index (χ1n) is 6.75. The molecule has 2 atom stereocenters. The average Bonchev–Trinajstić information content (AvgIpc) is 2.61. The Hall–Kier alpha value is -0.761. The van der Waals surface area contributed by atoms with Crippen molar-refractivity contribution < 1.29 is 9.47 Å². The maximum absolute atomic E-state index is 6.02. The van der Waals surface area contributed by atoms with Crippen molar-refractivity contribution in [1.82, 2.24) is 0 Å². The molecule has 0 spiro atoms. The molecular formula is C16H22O2Se. The monoisotopic (exact) mass is 326 g/mol. The Morgan fingerprint density at radius 2 is 2.00 bits per heavy atom. The van der Waals surface area contributed by atoms with Crippen LogP contribution in [0.15, 0.2) is 41.1 Å². The summed E-state index contributed by atoms with van der Waals surface area (Å²) in [6.45, 7) is 9.32. The van der Waals surface area contributed by atoms with Gasteiger partial charge in [0.25, 0.3) is 0 Å². The van der Waals surface area contributed by atoms with Crippen molar-refractivity contribution in [1.29, 1.82) is 0 Å². The van der Waals surface area contributed by atoms with Gasteiger partial charge >= 0.3 is 122 Å². The third-order valence-electron chi connectivity index (χ3n) is 3.68. The second-order valence-electron chi connectivity index (χ2n) is 5.37. The van der Waals surface area contributed by atoms with Crippen LogP contribution in [0.4, 0.5) is 0 Å². The molecule has 0 aromatic heterocycles. The molecule has 104 valence electrons. The topological polar surface area (TPSA) is 18.5 Å². The summed E-state index contributed by atoms with van der Waals surface area (Å²) < 4.78 is 13.3. The Morgan fingerprint density at radius 3 is 2.63 bits per heavy atom. The van der Waals surface area contributed by atoms with Crippen LogP contribution in [0.25, 0.3) is 0 Å². The quantitative estimate of drug-likeness (QED) is 0.793. The summed E-state index contributed by atoms with van der Waals surface area (Å²) in [5.74, 6) is 1.02. The van der Waals surface area contributed by atoms with Crippen LogP contribution in [-0.4, -0.2) is 33.8 Å². The molecule has 19 heavy (non-hydrogen) atoms. The van der Waals surface area contributed by atoms with Gasteiger partial charge < -0.3 is 0 Å². The van der Waals surface area contributed by atoms with Crippen molar-refractivity contribution in [2.75, 3.05) is 6.61 Å². The molecule has 0 aliphatic carbocycles. The van der Waals surface area contributed by atoms with Crippen LogP contribution in [0.1, 0.15) is 27.7 Å². The van der Waals surface area contributed by atoms with Gasteiger partial charge in [-0.25, -0.2) is 0 Å². The number of hydrogen-bond acceptors (Lipinski definition) is 2. The fourth-order valence-electron chi connectivity index (χ4n) is 2.18. The molecule has 1 fully saturated rings. The molecule has 1 heterocycles. The van der Waals surface area contributed by atoms with E-state index in [9.17, 15) is 0 Å². The van der Waals surface area contributed by atoms with E-state index in [0.29, 0.717) is 15.0 Å². The van der Waals surface area contributed by atoms with Gasteiger partial charge in [-0.2, -0.15) is 0 Å². The zero-order chi connectivity index (χ0) is 13.9. The van der Waals surface area contributed by atoms with E-state index in [-0.39, 0.29) is 17.6 Å². The molecule has 0 bridgehead atoms. The molecule has 2 rings (SSSR count). The first kappa shape index (κ1) is 14.6. The molecule has 0 unspecified atom stereocenters. The molecule has 1 aliphatic rings. The second-order valence-corrected chi connectivity index (χ2v) is 7.35. The Balaban J connectivity index is 2.14. The minimum absolute atomic E-state index is 0.0363. The van der Waals surface area contributed by atoms with E-state index < -0.39 is 0 Å². The van der Waals surface area contributed by atoms with E-state index >= 15 is 0 Å². The molecule has 2 nitrogen and oxygen atoms in total. The van der Waals surface area contributed by atoms with Gasteiger partial charge in [0, 0.05) is 0 Å². The van der Waals surface area contributed by atoms with Crippen molar-refractivity contribution >= 4 is 19.4 Å². The predicted octanol–water partition coefficient (Wildman–Crippen LogP) is 2.71. The molecule has 1 aliphatic heterocycles. The Morgan fingerprint density at radius 1 is 1.32 bits per heavy atom. The molecule has 0 saturated carbocycles. The first-order valence-corrected chi connectivity index (χ1v) is 8.60. The normalized spacial score (nSPS) is 27.5. The zero-order valence-corrected chi connectivity index (χ0v) is 13.8. The van der Waals surface area contributed by atoms with Crippen LogP contribution < -0.4 is 4.46 Å². The molecule has 0 radical (unpaired) electrons. The van der Waals surface area contributed by atoms with E-state index in [1.54, 1.807) is 0 Å². The van der Waals surface area contributed by atoms with E-state index in [1.165, 1.54) is 4.46 Å². The van der Waals surface area contributed by atoms with Gasteiger partial charge in [0.2, 0.25) is 0 Å². The van der Waals surface area contributed by atoms with Crippen LogP contribution in [0.5, 0.6) is 0 Å². The fourth-order valence-corrected chi connectivity index (χ4v) is 3.74. The predicted molar refractivity (Wildman–Crippen MR) is 79.7 cm³/mol. The summed E-state index contributed by atoms with van der Waals surface area (Å²) in [4.78, 5) is 2.23. The summed E-state index contributed by atoms with van der Waals surface area (Å²) in [6.07, 6.45) is 0.278. The van der Waals surface area contributed by atoms with Crippen molar-refractivity contribution in [3.63, 3.8) is 0 Å². The summed E-state index contributed by atoms with van der Waals surface area (Å²) >= 11 is 0.298. The van der Waals surface area contributed by atoms with Gasteiger partial charge in [-0.3, -0.25) is 0 Å². The fraction of sp³-hybridized carbons (Fsp3) is 0.500. The number of ether oxygens (including phenoxy) is 2. The van der Waals surface area contributed by atoms with Gasteiger partial charge in [0.05, 0.1) is 0 Å². The molecule has 1 aromatic rings. The van der Waals surface area contributed by atoms with Crippen molar-refractivity contribution in [2.24, 2.45) is 5.41 Å². The Kier molecular flexibility index (Phi) is 4.72. The van der Waals surface area contributed by atoms with Gasteiger partial charge in [0.15, 0.2) is 0 Å². The molecule has 1 aromatic carbocycles. The minimum atomic E-state index is 0.0363. The van der Waals surface area contributed by atoms with E-state index in [0.717, 1.165) is 12.4 Å². The molecule has 1 saturated heterocycles. The zero-order valence-electron chi connectivity index (χ0n) is 12.1.